The fraction of sp³-hybridized carbons (Fsp3) is 0. The molecule has 2 rings (SSSR count). The van der Waals surface area contributed by atoms with E-state index in [-0.39, 0.29) is 23.5 Å². The maximum absolute atomic E-state index is 11.1. The molecule has 0 aliphatic carbocycles. The maximum Gasteiger partial charge on any atom is 0.283 e. The molecular weight excluding hydrogens is 132 g/mol. The Kier molecular flexibility index (Phi) is 0.582. The number of rotatable bonds is 0. The fourth-order valence-electron chi connectivity index (χ4n) is 0.687. The normalized spacial score (nSPS) is 13.2. The van der Waals surface area contributed by atoms with Crippen LogP contribution in [0.5, 0.6) is 0 Å². The van der Waals surface area contributed by atoms with Crippen LogP contribution in [0, 0.1) is 0 Å². The predicted octanol–water partition coefficient (Wildman–Crippen LogP) is -0.354. The first-order chi connectivity index (χ1) is 5.68. The quantitative estimate of drug-likeness (QED) is 0.522. The van der Waals surface area contributed by atoms with Gasteiger partial charge in [0.15, 0.2) is 0 Å². The number of H-pyrrole nitrogens is 2. The third-order valence-corrected chi connectivity index (χ3v) is 1.14. The van der Waals surface area contributed by atoms with E-state index in [1.54, 1.807) is 0 Å². The van der Waals surface area contributed by atoms with Crippen LogP contribution in [0.15, 0.2) is 17.3 Å². The smallest absolute Gasteiger partial charge is 0.283 e. The zero-order valence-electron chi connectivity index (χ0n) is 6.80. The van der Waals surface area contributed by atoms with E-state index < -0.39 is 5.56 Å². The van der Waals surface area contributed by atoms with Gasteiger partial charge in [0.2, 0.25) is 0 Å². The Labute approximate surface area is 57.9 Å². The monoisotopic (exact) mass is 138 g/mol. The molecule has 0 saturated carbocycles. The number of aromatic nitrogens is 4. The van der Waals surface area contributed by atoms with Gasteiger partial charge in [0.1, 0.15) is 12.4 Å². The van der Waals surface area contributed by atoms with Crippen LogP contribution in [0.2, 0.25) is 0 Å². The van der Waals surface area contributed by atoms with E-state index in [0.717, 1.165) is 0 Å². The van der Waals surface area contributed by atoms with E-state index in [1.165, 1.54) is 0 Å². The van der Waals surface area contributed by atoms with Gasteiger partial charge in [0.05, 0.1) is 13.8 Å². The Hall–Kier alpha value is -1.65. The van der Waals surface area contributed by atoms with Gasteiger partial charge in [-0.05, 0) is 0 Å². The van der Waals surface area contributed by atoms with Crippen molar-refractivity contribution in [2.45, 2.75) is 0 Å². The van der Waals surface area contributed by atoms with Crippen molar-refractivity contribution in [1.29, 1.82) is 0 Å². The van der Waals surface area contributed by atoms with Gasteiger partial charge < -0.3 is 4.98 Å². The molecule has 0 aliphatic heterocycles. The van der Waals surface area contributed by atoms with Crippen molar-refractivity contribution in [3.05, 3.63) is 22.8 Å². The van der Waals surface area contributed by atoms with E-state index in [2.05, 4.69) is 20.2 Å². The highest BCUT2D eigenvalue weighted by molar-refractivity contribution is 5.71. The molecule has 0 saturated heterocycles. The average Bonchev–Trinajstić information content (AvgIpc) is 2.31. The highest BCUT2D eigenvalue weighted by Gasteiger charge is 1.97. The van der Waals surface area contributed by atoms with Gasteiger partial charge in [-0.3, -0.25) is 9.89 Å². The van der Waals surface area contributed by atoms with Gasteiger partial charge >= 0.3 is 0 Å². The average molecular weight is 138 g/mol. The Morgan fingerprint density at radius 3 is 3.50 bits per heavy atom. The number of nitrogens with zero attached hydrogens (tertiary/aromatic N) is 2. The predicted molar refractivity (Wildman–Crippen MR) is 34.5 cm³/mol. The second-order valence-corrected chi connectivity index (χ2v) is 1.74. The number of nitrogens with one attached hydrogen (secondary N) is 2. The van der Waals surface area contributed by atoms with Gasteiger partial charge in [-0.2, -0.15) is 10.1 Å². The Balaban J connectivity index is 3.03. The third-order valence-electron chi connectivity index (χ3n) is 1.14. The zero-order chi connectivity index (χ0) is 8.72. The SMILES string of the molecule is [2H]c1nc(=O)c2c([2H])n[nH]c2[nH]1. The fourth-order valence-corrected chi connectivity index (χ4v) is 0.687. The van der Waals surface area contributed by atoms with E-state index in [0.29, 0.717) is 0 Å². The molecule has 5 nitrogen and oxygen atoms in total. The van der Waals surface area contributed by atoms with Crippen LogP contribution in [0.4, 0.5) is 0 Å². The number of fused-ring (bicyclic) bond motifs is 1. The molecule has 2 aromatic rings. The first-order valence-electron chi connectivity index (χ1n) is 3.60. The molecule has 50 valence electrons. The second kappa shape index (κ2) is 1.66. The van der Waals surface area contributed by atoms with Crippen LogP contribution in [0.3, 0.4) is 0 Å². The minimum atomic E-state index is -0.604. The molecule has 0 radical (unpaired) electrons. The maximum atomic E-state index is 11.1. The largest absolute Gasteiger partial charge is 0.331 e. The topological polar surface area (TPSA) is 74.4 Å². The van der Waals surface area contributed by atoms with Gasteiger partial charge in [0.25, 0.3) is 5.56 Å². The van der Waals surface area contributed by atoms with Crippen molar-refractivity contribution in [2.75, 3.05) is 0 Å². The highest BCUT2D eigenvalue weighted by atomic mass is 16.1. The summed E-state index contributed by atoms with van der Waals surface area (Å²) < 4.78 is 14.2. The second-order valence-electron chi connectivity index (χ2n) is 1.74. The number of hydrogen-bond acceptors (Lipinski definition) is 3. The summed E-state index contributed by atoms with van der Waals surface area (Å²) in [6, 6.07) is 0. The Bertz CT molecular complexity index is 488. The lowest BCUT2D eigenvalue weighted by Gasteiger charge is -1.82. The van der Waals surface area contributed by atoms with Crippen LogP contribution < -0.4 is 5.56 Å². The molecule has 0 fully saturated rings. The van der Waals surface area contributed by atoms with Crippen LogP contribution in [0.1, 0.15) is 2.74 Å². The summed E-state index contributed by atoms with van der Waals surface area (Å²) in [6.07, 6.45) is -0.394. The van der Waals surface area contributed by atoms with Crippen molar-refractivity contribution in [3.8, 4) is 0 Å². The summed E-state index contributed by atoms with van der Waals surface area (Å²) in [5, 5.41) is 5.99. The first kappa shape index (κ1) is 3.50. The minimum Gasteiger partial charge on any atom is -0.331 e. The lowest BCUT2D eigenvalue weighted by molar-refractivity contribution is 1.08. The third kappa shape index (κ3) is 0.540. The van der Waals surface area contributed by atoms with Crippen LogP contribution >= 0.6 is 0 Å². The van der Waals surface area contributed by atoms with Crippen molar-refractivity contribution < 1.29 is 2.74 Å². The van der Waals surface area contributed by atoms with Gasteiger partial charge in [-0.1, -0.05) is 0 Å². The molecule has 0 aliphatic rings. The molecule has 2 aromatic heterocycles. The number of hydrogen-bond donors (Lipinski definition) is 2. The molecule has 0 spiro atoms. The summed E-state index contributed by atoms with van der Waals surface area (Å²) in [4.78, 5) is 16.8. The summed E-state index contributed by atoms with van der Waals surface area (Å²) in [6.45, 7) is 0. The van der Waals surface area contributed by atoms with Crippen LogP contribution in [-0.4, -0.2) is 20.2 Å². The van der Waals surface area contributed by atoms with E-state index >= 15 is 0 Å². The zero-order valence-corrected chi connectivity index (χ0v) is 4.80. The molecule has 10 heavy (non-hydrogen) atoms. The van der Waals surface area contributed by atoms with Gasteiger partial charge in [-0.25, -0.2) is 0 Å². The summed E-state index contributed by atoms with van der Waals surface area (Å²) in [7, 11) is 0. The summed E-state index contributed by atoms with van der Waals surface area (Å²) in [5.74, 6) is 0. The lowest BCUT2D eigenvalue weighted by atomic mass is 10.4. The van der Waals surface area contributed by atoms with Gasteiger partial charge in [0, 0.05) is 0 Å². The van der Waals surface area contributed by atoms with Crippen molar-refractivity contribution in [3.63, 3.8) is 0 Å². The van der Waals surface area contributed by atoms with Crippen LogP contribution in [-0.2, 0) is 0 Å². The molecule has 0 unspecified atom stereocenters. The minimum absolute atomic E-state index is 0.0889. The summed E-state index contributed by atoms with van der Waals surface area (Å²) in [5.41, 5.74) is -0.336. The molecule has 5 heteroatoms. The Morgan fingerprint density at radius 1 is 1.70 bits per heavy atom. The molecule has 0 amide bonds. The first-order valence-corrected chi connectivity index (χ1v) is 2.60. The van der Waals surface area contributed by atoms with Crippen molar-refractivity contribution in [2.24, 2.45) is 0 Å². The van der Waals surface area contributed by atoms with Crippen molar-refractivity contribution >= 4 is 11.0 Å². The molecular formula is C5H4N4O. The standard InChI is InChI=1S/C5H4N4O/c10-5-3-1-8-9-4(3)6-2-7-5/h1-2H,(H2,6,7,8,9,10)/i1D,2D. The van der Waals surface area contributed by atoms with Gasteiger partial charge in [-0.15, -0.1) is 0 Å². The molecule has 0 bridgehead atoms. The lowest BCUT2D eigenvalue weighted by Crippen LogP contribution is -2.04. The summed E-state index contributed by atoms with van der Waals surface area (Å²) >= 11 is 0. The molecule has 2 N–H and O–H groups in total. The van der Waals surface area contributed by atoms with E-state index in [4.69, 9.17) is 2.74 Å². The van der Waals surface area contributed by atoms with E-state index in [9.17, 15) is 4.79 Å². The number of aromatic amines is 2. The molecule has 0 aromatic carbocycles. The molecule has 2 heterocycles. The van der Waals surface area contributed by atoms with Crippen LogP contribution in [0.25, 0.3) is 11.0 Å². The van der Waals surface area contributed by atoms with E-state index in [1.807, 2.05) is 0 Å². The Morgan fingerprint density at radius 2 is 2.60 bits per heavy atom. The molecule has 0 atom stereocenters. The van der Waals surface area contributed by atoms with Crippen molar-refractivity contribution in [1.82, 2.24) is 20.2 Å². The highest BCUT2D eigenvalue weighted by Crippen LogP contribution is 1.96.